The monoisotopic (exact) mass is 415 g/mol. The van der Waals surface area contributed by atoms with E-state index in [9.17, 15) is 18.0 Å². The summed E-state index contributed by atoms with van der Waals surface area (Å²) in [7, 11) is 0. The first kappa shape index (κ1) is 22.0. The van der Waals surface area contributed by atoms with Gasteiger partial charge in [-0.1, -0.05) is 0 Å². The van der Waals surface area contributed by atoms with Gasteiger partial charge in [0.1, 0.15) is 12.0 Å². The molecule has 152 valence electrons. The van der Waals surface area contributed by atoms with Gasteiger partial charge in [0.15, 0.2) is 0 Å². The topological polar surface area (TPSA) is 79.8 Å². The second kappa shape index (κ2) is 8.40. The molecule has 1 saturated heterocycles. The van der Waals surface area contributed by atoms with Crippen LogP contribution < -0.4 is 10.6 Å². The minimum atomic E-state index is -4.48. The zero-order valence-electron chi connectivity index (χ0n) is 15.4. The van der Waals surface area contributed by atoms with Crippen LogP contribution in [0.2, 0.25) is 0 Å². The Bertz CT molecular complexity index is 827. The number of nitrogens with one attached hydrogen (secondary N) is 2. The minimum absolute atomic E-state index is 0. The second-order valence-electron chi connectivity index (χ2n) is 7.16. The van der Waals surface area contributed by atoms with E-state index in [4.69, 9.17) is 0 Å². The Hall–Kier alpha value is -2.26. The lowest BCUT2D eigenvalue weighted by Gasteiger charge is -2.19. The van der Waals surface area contributed by atoms with E-state index in [1.54, 1.807) is 6.07 Å². The zero-order chi connectivity index (χ0) is 19.7. The van der Waals surface area contributed by atoms with E-state index in [1.807, 2.05) is 0 Å². The molecule has 2 aromatic heterocycles. The van der Waals surface area contributed by atoms with Crippen LogP contribution >= 0.6 is 12.4 Å². The van der Waals surface area contributed by atoms with Crippen molar-refractivity contribution < 1.29 is 18.0 Å². The van der Waals surface area contributed by atoms with Crippen LogP contribution in [0.1, 0.15) is 38.1 Å². The number of carbonyl (C=O) groups is 1. The number of pyridine rings is 1. The fourth-order valence-corrected chi connectivity index (χ4v) is 2.98. The molecule has 1 amide bonds. The van der Waals surface area contributed by atoms with Crippen molar-refractivity contribution in [3.8, 4) is 11.3 Å². The molecular formula is C18H21ClF3N5O. The van der Waals surface area contributed by atoms with Crippen LogP contribution in [-0.2, 0) is 17.5 Å². The molecule has 0 aromatic carbocycles. The number of alkyl halides is 3. The Morgan fingerprint density at radius 3 is 2.61 bits per heavy atom. The fraction of sp³-hybridized carbons (Fsp3) is 0.444. The summed E-state index contributed by atoms with van der Waals surface area (Å²) in [6.07, 6.45) is -0.360. The number of amides is 1. The molecular weight excluding hydrogens is 395 g/mol. The Kier molecular flexibility index (Phi) is 6.61. The average molecular weight is 416 g/mol. The van der Waals surface area contributed by atoms with Crippen molar-refractivity contribution in [1.82, 2.24) is 25.6 Å². The summed E-state index contributed by atoms with van der Waals surface area (Å²) >= 11 is 0. The molecule has 3 rings (SSSR count). The van der Waals surface area contributed by atoms with Crippen LogP contribution in [0.15, 0.2) is 30.7 Å². The fourth-order valence-electron chi connectivity index (χ4n) is 2.98. The Labute approximate surface area is 166 Å². The highest BCUT2D eigenvalue weighted by molar-refractivity contribution is 5.85. The first-order valence-electron chi connectivity index (χ1n) is 8.54. The van der Waals surface area contributed by atoms with Crippen LogP contribution in [0.25, 0.3) is 11.3 Å². The van der Waals surface area contributed by atoms with E-state index in [0.717, 1.165) is 25.1 Å². The second-order valence-corrected chi connectivity index (χ2v) is 7.16. The smallest absolute Gasteiger partial charge is 0.349 e. The van der Waals surface area contributed by atoms with Crippen LogP contribution in [0.4, 0.5) is 13.2 Å². The van der Waals surface area contributed by atoms with Gasteiger partial charge in [-0.2, -0.15) is 13.2 Å². The molecule has 28 heavy (non-hydrogen) atoms. The van der Waals surface area contributed by atoms with E-state index in [2.05, 4.69) is 39.4 Å². The highest BCUT2D eigenvalue weighted by Gasteiger charge is 2.34. The number of carbonyl (C=O) groups excluding carboxylic acids is 1. The van der Waals surface area contributed by atoms with E-state index in [-0.39, 0.29) is 36.4 Å². The van der Waals surface area contributed by atoms with Crippen molar-refractivity contribution in [3.63, 3.8) is 0 Å². The minimum Gasteiger partial charge on any atom is -0.349 e. The van der Waals surface area contributed by atoms with Gasteiger partial charge in [0.25, 0.3) is 0 Å². The predicted molar refractivity (Wildman–Crippen MR) is 99.6 cm³/mol. The van der Waals surface area contributed by atoms with Crippen molar-refractivity contribution in [2.75, 3.05) is 0 Å². The number of hydrogen-bond acceptors (Lipinski definition) is 5. The van der Waals surface area contributed by atoms with Gasteiger partial charge in [0, 0.05) is 17.3 Å². The molecule has 0 saturated carbocycles. The van der Waals surface area contributed by atoms with Crippen LogP contribution in [0, 0.1) is 0 Å². The first-order valence-corrected chi connectivity index (χ1v) is 8.54. The third kappa shape index (κ3) is 5.39. The predicted octanol–water partition coefficient (Wildman–Crippen LogP) is 3.13. The maximum atomic E-state index is 12.6. The normalized spacial score (nSPS) is 18.4. The van der Waals surface area contributed by atoms with E-state index in [0.29, 0.717) is 17.0 Å². The van der Waals surface area contributed by atoms with Gasteiger partial charge in [-0.3, -0.25) is 9.78 Å². The Morgan fingerprint density at radius 2 is 2.04 bits per heavy atom. The third-order valence-corrected chi connectivity index (χ3v) is 4.46. The molecule has 1 aliphatic heterocycles. The molecule has 10 heteroatoms. The highest BCUT2D eigenvalue weighted by Crippen LogP contribution is 2.28. The molecule has 6 nitrogen and oxygen atoms in total. The number of aromatic nitrogens is 3. The summed E-state index contributed by atoms with van der Waals surface area (Å²) in [4.78, 5) is 23.9. The SMILES string of the molecule is CC1(C)CC[C@@H](C(=O)NCc2cc(-c3ccc(C(F)(F)F)nc3)ncn2)N1.Cl. The van der Waals surface area contributed by atoms with Crippen molar-refractivity contribution in [1.29, 1.82) is 0 Å². The highest BCUT2D eigenvalue weighted by atomic mass is 35.5. The van der Waals surface area contributed by atoms with Gasteiger partial charge in [-0.15, -0.1) is 12.4 Å². The average Bonchev–Trinajstić information content (AvgIpc) is 2.99. The standard InChI is InChI=1S/C18H20F3N5O.ClH/c1-17(2)6-5-13(26-17)16(27)23-9-12-7-14(25-10-24-12)11-3-4-15(22-8-11)18(19,20)21;/h3-4,7-8,10,13,26H,5-6,9H2,1-2H3,(H,23,27);1H/t13-;/m0./s1. The number of rotatable bonds is 4. The van der Waals surface area contributed by atoms with Crippen LogP contribution in [-0.4, -0.2) is 32.4 Å². The molecule has 2 aromatic rings. The summed E-state index contributed by atoms with van der Waals surface area (Å²) in [6, 6.07) is 3.61. The molecule has 3 heterocycles. The van der Waals surface area contributed by atoms with Crippen molar-refractivity contribution in [2.45, 2.75) is 51.0 Å². The Balaban J connectivity index is 0.00000280. The van der Waals surface area contributed by atoms with Gasteiger partial charge in [0.2, 0.25) is 5.91 Å². The van der Waals surface area contributed by atoms with Gasteiger partial charge in [0.05, 0.1) is 24.0 Å². The van der Waals surface area contributed by atoms with Gasteiger partial charge >= 0.3 is 6.18 Å². The lowest BCUT2D eigenvalue weighted by Crippen LogP contribution is -2.45. The number of hydrogen-bond donors (Lipinski definition) is 2. The lowest BCUT2D eigenvalue weighted by atomic mass is 10.0. The molecule has 1 atom stereocenters. The summed E-state index contributed by atoms with van der Waals surface area (Å²) < 4.78 is 37.8. The zero-order valence-corrected chi connectivity index (χ0v) is 16.2. The van der Waals surface area contributed by atoms with Crippen molar-refractivity contribution in [3.05, 3.63) is 42.1 Å². The van der Waals surface area contributed by atoms with E-state index in [1.165, 1.54) is 12.4 Å². The maximum Gasteiger partial charge on any atom is 0.433 e. The number of halogens is 4. The van der Waals surface area contributed by atoms with Crippen LogP contribution in [0.3, 0.4) is 0 Å². The van der Waals surface area contributed by atoms with Crippen molar-refractivity contribution >= 4 is 18.3 Å². The summed E-state index contributed by atoms with van der Waals surface area (Å²) in [6.45, 7) is 4.31. The molecule has 1 aliphatic rings. The van der Waals surface area contributed by atoms with E-state index >= 15 is 0 Å². The van der Waals surface area contributed by atoms with Gasteiger partial charge in [-0.25, -0.2) is 9.97 Å². The quantitative estimate of drug-likeness (QED) is 0.802. The summed E-state index contributed by atoms with van der Waals surface area (Å²) in [5.41, 5.74) is 0.428. The molecule has 1 fully saturated rings. The largest absolute Gasteiger partial charge is 0.433 e. The first-order chi connectivity index (χ1) is 12.6. The summed E-state index contributed by atoms with van der Waals surface area (Å²) in [5.74, 6) is -0.100. The summed E-state index contributed by atoms with van der Waals surface area (Å²) in [5, 5.41) is 6.11. The molecule has 0 aliphatic carbocycles. The van der Waals surface area contributed by atoms with Gasteiger partial charge in [-0.05, 0) is 44.9 Å². The molecule has 0 bridgehead atoms. The third-order valence-electron chi connectivity index (χ3n) is 4.46. The molecule has 0 spiro atoms. The van der Waals surface area contributed by atoms with Crippen molar-refractivity contribution in [2.24, 2.45) is 0 Å². The maximum absolute atomic E-state index is 12.6. The van der Waals surface area contributed by atoms with E-state index < -0.39 is 11.9 Å². The van der Waals surface area contributed by atoms with Crippen LogP contribution in [0.5, 0.6) is 0 Å². The number of nitrogens with zero attached hydrogens (tertiary/aromatic N) is 3. The Morgan fingerprint density at radius 1 is 1.29 bits per heavy atom. The van der Waals surface area contributed by atoms with Gasteiger partial charge < -0.3 is 10.6 Å². The lowest BCUT2D eigenvalue weighted by molar-refractivity contribution is -0.141. The molecule has 0 radical (unpaired) electrons. The molecule has 0 unspecified atom stereocenters. The molecule has 2 N–H and O–H groups in total.